The Labute approximate surface area is 179 Å². The third kappa shape index (κ3) is 3.67. The number of para-hydroxylation sites is 2. The quantitative estimate of drug-likeness (QED) is 0.334. The number of benzene rings is 4. The van der Waals surface area contributed by atoms with E-state index in [0.717, 1.165) is 28.0 Å². The fraction of sp³-hybridized carbons (Fsp3) is 0. The van der Waals surface area contributed by atoms with Gasteiger partial charge in [-0.3, -0.25) is 0 Å². The van der Waals surface area contributed by atoms with Crippen LogP contribution in [0.3, 0.4) is 0 Å². The molecule has 5 rings (SSSR count). The molecule has 0 atom stereocenters. The molecule has 0 aliphatic heterocycles. The van der Waals surface area contributed by atoms with Crippen LogP contribution in [0.5, 0.6) is 0 Å². The summed E-state index contributed by atoms with van der Waals surface area (Å²) in [7, 11) is 0. The van der Waals surface area contributed by atoms with Crippen molar-refractivity contribution in [3.63, 3.8) is 0 Å². The van der Waals surface area contributed by atoms with Gasteiger partial charge in [0.05, 0.1) is 5.56 Å². The summed E-state index contributed by atoms with van der Waals surface area (Å²) in [5.41, 5.74) is 4.89. The molecule has 0 bridgehead atoms. The molecular weight excluding hydrogens is 386 g/mol. The van der Waals surface area contributed by atoms with Crippen molar-refractivity contribution in [3.05, 3.63) is 115 Å². The predicted octanol–water partition coefficient (Wildman–Crippen LogP) is 7.27. The standard InChI is InChI=1S/C27H19NO3/c29-27(30)21-12-11-20-17-25(31-26(20)18-21)19-13-15-24(16-14-19)28(22-7-3-1-4-8-22)23-9-5-2-6-10-23/h1-18H,(H,29,30). The van der Waals surface area contributed by atoms with Crippen molar-refractivity contribution < 1.29 is 14.3 Å². The first-order chi connectivity index (χ1) is 15.2. The second-order valence-electron chi connectivity index (χ2n) is 7.22. The van der Waals surface area contributed by atoms with Crippen LogP contribution in [0.25, 0.3) is 22.3 Å². The topological polar surface area (TPSA) is 53.7 Å². The molecule has 4 heteroatoms. The van der Waals surface area contributed by atoms with E-state index < -0.39 is 5.97 Å². The van der Waals surface area contributed by atoms with Crippen molar-refractivity contribution in [1.82, 2.24) is 0 Å². The summed E-state index contributed by atoms with van der Waals surface area (Å²) in [6.07, 6.45) is 0. The first-order valence-corrected chi connectivity index (χ1v) is 9.96. The summed E-state index contributed by atoms with van der Waals surface area (Å²) in [6.45, 7) is 0. The zero-order valence-corrected chi connectivity index (χ0v) is 16.6. The van der Waals surface area contributed by atoms with Gasteiger partial charge in [0.15, 0.2) is 0 Å². The maximum absolute atomic E-state index is 11.2. The summed E-state index contributed by atoms with van der Waals surface area (Å²) in [5.74, 6) is -0.263. The van der Waals surface area contributed by atoms with Crippen LogP contribution in [0.1, 0.15) is 10.4 Å². The number of carboxylic acids is 1. The second-order valence-corrected chi connectivity index (χ2v) is 7.22. The summed E-state index contributed by atoms with van der Waals surface area (Å²) < 4.78 is 5.94. The molecule has 0 saturated heterocycles. The first kappa shape index (κ1) is 18.7. The smallest absolute Gasteiger partial charge is 0.335 e. The second kappa shape index (κ2) is 7.84. The number of carboxylic acid groups (broad SMARTS) is 1. The zero-order chi connectivity index (χ0) is 21.2. The molecule has 0 aliphatic carbocycles. The molecule has 150 valence electrons. The molecule has 1 heterocycles. The van der Waals surface area contributed by atoms with Crippen molar-refractivity contribution in [1.29, 1.82) is 0 Å². The van der Waals surface area contributed by atoms with Gasteiger partial charge in [0.25, 0.3) is 0 Å². The molecule has 0 aliphatic rings. The Balaban J connectivity index is 1.52. The molecule has 5 aromatic rings. The minimum atomic E-state index is -0.967. The van der Waals surface area contributed by atoms with Crippen LogP contribution < -0.4 is 4.90 Å². The van der Waals surface area contributed by atoms with Crippen LogP contribution >= 0.6 is 0 Å². The number of hydrogen-bond donors (Lipinski definition) is 1. The number of fused-ring (bicyclic) bond motifs is 1. The maximum Gasteiger partial charge on any atom is 0.335 e. The largest absolute Gasteiger partial charge is 0.478 e. The number of rotatable bonds is 5. The average Bonchev–Trinajstić information content (AvgIpc) is 3.25. The predicted molar refractivity (Wildman–Crippen MR) is 123 cm³/mol. The number of furan rings is 1. The number of hydrogen-bond acceptors (Lipinski definition) is 3. The molecule has 4 aromatic carbocycles. The van der Waals surface area contributed by atoms with E-state index in [4.69, 9.17) is 4.42 Å². The molecule has 31 heavy (non-hydrogen) atoms. The maximum atomic E-state index is 11.2. The highest BCUT2D eigenvalue weighted by molar-refractivity contribution is 5.93. The van der Waals surface area contributed by atoms with Crippen molar-refractivity contribution in [3.8, 4) is 11.3 Å². The van der Waals surface area contributed by atoms with Crippen molar-refractivity contribution in [2.24, 2.45) is 0 Å². The number of anilines is 3. The highest BCUT2D eigenvalue weighted by Gasteiger charge is 2.13. The Morgan fingerprint density at radius 1 is 0.677 bits per heavy atom. The molecule has 0 spiro atoms. The van der Waals surface area contributed by atoms with Crippen LogP contribution in [0.4, 0.5) is 17.1 Å². The highest BCUT2D eigenvalue weighted by Crippen LogP contribution is 2.36. The van der Waals surface area contributed by atoms with E-state index in [9.17, 15) is 9.90 Å². The van der Waals surface area contributed by atoms with Crippen LogP contribution in [-0.2, 0) is 0 Å². The lowest BCUT2D eigenvalue weighted by atomic mass is 10.1. The number of carbonyl (C=O) groups is 1. The molecular formula is C27H19NO3. The van der Waals surface area contributed by atoms with Gasteiger partial charge in [0.2, 0.25) is 0 Å². The lowest BCUT2D eigenvalue weighted by Crippen LogP contribution is -2.09. The Bertz CT molecular complexity index is 1300. The monoisotopic (exact) mass is 405 g/mol. The van der Waals surface area contributed by atoms with E-state index in [1.165, 1.54) is 0 Å². The SMILES string of the molecule is O=C(O)c1ccc2cc(-c3ccc(N(c4ccccc4)c4ccccc4)cc3)oc2c1. The van der Waals surface area contributed by atoms with Crippen molar-refractivity contribution in [2.75, 3.05) is 4.90 Å². The molecule has 0 amide bonds. The lowest BCUT2D eigenvalue weighted by molar-refractivity contribution is 0.0697. The minimum Gasteiger partial charge on any atom is -0.478 e. The lowest BCUT2D eigenvalue weighted by Gasteiger charge is -2.25. The van der Waals surface area contributed by atoms with Gasteiger partial charge >= 0.3 is 5.97 Å². The van der Waals surface area contributed by atoms with Gasteiger partial charge in [-0.1, -0.05) is 42.5 Å². The van der Waals surface area contributed by atoms with Gasteiger partial charge in [-0.2, -0.15) is 0 Å². The highest BCUT2D eigenvalue weighted by atomic mass is 16.4. The summed E-state index contributed by atoms with van der Waals surface area (Å²) in [4.78, 5) is 13.4. The van der Waals surface area contributed by atoms with Gasteiger partial charge in [0, 0.05) is 28.0 Å². The average molecular weight is 405 g/mol. The third-order valence-corrected chi connectivity index (χ3v) is 5.21. The van der Waals surface area contributed by atoms with Gasteiger partial charge in [-0.05, 0) is 66.7 Å². The van der Waals surface area contributed by atoms with E-state index in [0.29, 0.717) is 11.3 Å². The fourth-order valence-corrected chi connectivity index (χ4v) is 3.68. The van der Waals surface area contributed by atoms with Gasteiger partial charge < -0.3 is 14.4 Å². The van der Waals surface area contributed by atoms with Gasteiger partial charge in [-0.25, -0.2) is 4.79 Å². The molecule has 1 aromatic heterocycles. The fourth-order valence-electron chi connectivity index (χ4n) is 3.68. The van der Waals surface area contributed by atoms with E-state index in [2.05, 4.69) is 41.3 Å². The molecule has 4 nitrogen and oxygen atoms in total. The molecule has 0 saturated carbocycles. The molecule has 1 N–H and O–H groups in total. The van der Waals surface area contributed by atoms with E-state index in [1.54, 1.807) is 18.2 Å². The summed E-state index contributed by atoms with van der Waals surface area (Å²) in [5, 5.41) is 10.1. The van der Waals surface area contributed by atoms with Crippen LogP contribution in [0, 0.1) is 0 Å². The third-order valence-electron chi connectivity index (χ3n) is 5.21. The van der Waals surface area contributed by atoms with Crippen molar-refractivity contribution >= 4 is 34.0 Å². The minimum absolute atomic E-state index is 0.213. The Morgan fingerprint density at radius 2 is 1.26 bits per heavy atom. The van der Waals surface area contributed by atoms with E-state index in [1.807, 2.05) is 54.6 Å². The Morgan fingerprint density at radius 3 is 1.84 bits per heavy atom. The zero-order valence-electron chi connectivity index (χ0n) is 16.6. The van der Waals surface area contributed by atoms with Gasteiger partial charge in [-0.15, -0.1) is 0 Å². The van der Waals surface area contributed by atoms with Crippen LogP contribution in [-0.4, -0.2) is 11.1 Å². The Hall–Kier alpha value is -4.31. The summed E-state index contributed by atoms with van der Waals surface area (Å²) >= 11 is 0. The van der Waals surface area contributed by atoms with E-state index >= 15 is 0 Å². The molecule has 0 radical (unpaired) electrons. The van der Waals surface area contributed by atoms with Crippen LogP contribution in [0.2, 0.25) is 0 Å². The Kier molecular flexibility index (Phi) is 4.73. The molecule has 0 fully saturated rings. The number of nitrogens with zero attached hydrogens (tertiary/aromatic N) is 1. The summed E-state index contributed by atoms with van der Waals surface area (Å²) in [6, 6.07) is 35.5. The normalized spacial score (nSPS) is 10.8. The first-order valence-electron chi connectivity index (χ1n) is 9.96. The van der Waals surface area contributed by atoms with Crippen LogP contribution in [0.15, 0.2) is 114 Å². The van der Waals surface area contributed by atoms with E-state index in [-0.39, 0.29) is 5.56 Å². The van der Waals surface area contributed by atoms with Gasteiger partial charge in [0.1, 0.15) is 11.3 Å². The van der Waals surface area contributed by atoms with Crippen molar-refractivity contribution in [2.45, 2.75) is 0 Å². The number of aromatic carboxylic acids is 1. The molecule has 0 unspecified atom stereocenters.